The Morgan fingerprint density at radius 3 is 2.41 bits per heavy atom. The first-order valence-corrected chi connectivity index (χ1v) is 6.79. The van der Waals surface area contributed by atoms with Crippen molar-refractivity contribution >= 4 is 12.4 Å². The number of aromatic nitrogens is 2. The molecule has 108 valence electrons. The zero-order valence-corrected chi connectivity index (χ0v) is 11.7. The lowest BCUT2D eigenvalue weighted by Gasteiger charge is -2.06. The minimum Gasteiger partial charge on any atom is -0.360 e. The normalized spacial score (nSPS) is 11.0. The van der Waals surface area contributed by atoms with Gasteiger partial charge in [0.2, 0.25) is 0 Å². The van der Waals surface area contributed by atoms with Crippen LogP contribution in [-0.4, -0.2) is 16.3 Å². The fraction of sp³-hybridized carbons (Fsp3) is 0. The number of aldehydes is 1. The number of allylic oxidation sites excluding steroid dienone is 1. The number of carbonyl (C=O) groups is 1. The molecule has 22 heavy (non-hydrogen) atoms. The molecule has 0 amide bonds. The van der Waals surface area contributed by atoms with Gasteiger partial charge < -0.3 is 4.98 Å². The van der Waals surface area contributed by atoms with Crippen LogP contribution in [0.15, 0.2) is 61.1 Å². The minimum atomic E-state index is -0.276. The second kappa shape index (κ2) is 6.18. The fourth-order valence-electron chi connectivity index (χ4n) is 2.39. The van der Waals surface area contributed by atoms with E-state index in [2.05, 4.69) is 9.97 Å². The summed E-state index contributed by atoms with van der Waals surface area (Å²) in [4.78, 5) is 17.8. The van der Waals surface area contributed by atoms with Crippen molar-refractivity contribution in [2.24, 2.45) is 0 Å². The topological polar surface area (TPSA) is 45.8 Å². The molecular formula is C18H13FN2O. The SMILES string of the molecule is O=C/C=C/c1c[nH]c(-c2ccc(F)cc2)c1-c1ccncc1. The van der Waals surface area contributed by atoms with Gasteiger partial charge in [0.15, 0.2) is 0 Å². The highest BCUT2D eigenvalue weighted by Gasteiger charge is 2.13. The van der Waals surface area contributed by atoms with Crippen molar-refractivity contribution in [1.29, 1.82) is 0 Å². The minimum absolute atomic E-state index is 0.276. The highest BCUT2D eigenvalue weighted by Crippen LogP contribution is 2.35. The standard InChI is InChI=1S/C18H13FN2O/c19-16-5-3-14(4-6-16)18-17(13-7-9-20-10-8-13)15(12-21-18)2-1-11-22/h1-12,21H/b2-1+. The molecule has 0 fully saturated rings. The van der Waals surface area contributed by atoms with Crippen LogP contribution in [0.5, 0.6) is 0 Å². The average Bonchev–Trinajstić information content (AvgIpc) is 2.98. The summed E-state index contributed by atoms with van der Waals surface area (Å²) in [6, 6.07) is 10.1. The van der Waals surface area contributed by atoms with Crippen molar-refractivity contribution in [1.82, 2.24) is 9.97 Å². The van der Waals surface area contributed by atoms with E-state index in [4.69, 9.17) is 0 Å². The molecule has 0 bridgehead atoms. The van der Waals surface area contributed by atoms with Crippen molar-refractivity contribution in [2.45, 2.75) is 0 Å². The van der Waals surface area contributed by atoms with Gasteiger partial charge in [-0.2, -0.15) is 0 Å². The molecule has 2 heterocycles. The Morgan fingerprint density at radius 2 is 1.73 bits per heavy atom. The Labute approximate surface area is 127 Å². The maximum absolute atomic E-state index is 13.1. The summed E-state index contributed by atoms with van der Waals surface area (Å²) < 4.78 is 13.1. The Hall–Kier alpha value is -3.01. The number of nitrogens with one attached hydrogen (secondary N) is 1. The van der Waals surface area contributed by atoms with Crippen LogP contribution in [-0.2, 0) is 4.79 Å². The summed E-state index contributed by atoms with van der Waals surface area (Å²) in [5.74, 6) is -0.276. The van der Waals surface area contributed by atoms with Crippen LogP contribution in [0, 0.1) is 5.82 Å². The van der Waals surface area contributed by atoms with E-state index in [9.17, 15) is 9.18 Å². The molecule has 0 spiro atoms. The number of pyridine rings is 1. The molecule has 0 unspecified atom stereocenters. The third kappa shape index (κ3) is 2.72. The number of carbonyl (C=O) groups excluding carboxylic acids is 1. The summed E-state index contributed by atoms with van der Waals surface area (Å²) in [5, 5.41) is 0. The second-order valence-electron chi connectivity index (χ2n) is 4.73. The predicted molar refractivity (Wildman–Crippen MR) is 84.5 cm³/mol. The predicted octanol–water partition coefficient (Wildman–Crippen LogP) is 4.09. The first-order chi connectivity index (χ1) is 10.8. The Bertz CT molecular complexity index is 805. The summed E-state index contributed by atoms with van der Waals surface area (Å²) in [7, 11) is 0. The number of rotatable bonds is 4. The molecule has 0 aliphatic heterocycles. The highest BCUT2D eigenvalue weighted by atomic mass is 19.1. The number of nitrogens with zero attached hydrogens (tertiary/aromatic N) is 1. The molecule has 0 aliphatic carbocycles. The van der Waals surface area contributed by atoms with E-state index in [-0.39, 0.29) is 5.82 Å². The van der Waals surface area contributed by atoms with Crippen molar-refractivity contribution in [3.8, 4) is 22.4 Å². The molecule has 3 rings (SSSR count). The van der Waals surface area contributed by atoms with E-state index in [1.165, 1.54) is 18.2 Å². The van der Waals surface area contributed by atoms with Gasteiger partial charge >= 0.3 is 0 Å². The van der Waals surface area contributed by atoms with Gasteiger partial charge in [0.05, 0.1) is 5.69 Å². The first kappa shape index (κ1) is 13.9. The number of benzene rings is 1. The molecule has 0 saturated carbocycles. The number of aromatic amines is 1. The second-order valence-corrected chi connectivity index (χ2v) is 4.73. The van der Waals surface area contributed by atoms with Gasteiger partial charge in [0.25, 0.3) is 0 Å². The zero-order chi connectivity index (χ0) is 15.4. The lowest BCUT2D eigenvalue weighted by atomic mass is 9.98. The van der Waals surface area contributed by atoms with Gasteiger partial charge in [-0.1, -0.05) is 0 Å². The van der Waals surface area contributed by atoms with Crippen molar-refractivity contribution < 1.29 is 9.18 Å². The number of H-pyrrole nitrogens is 1. The Kier molecular flexibility index (Phi) is 3.92. The van der Waals surface area contributed by atoms with Crippen LogP contribution in [0.1, 0.15) is 5.56 Å². The molecular weight excluding hydrogens is 279 g/mol. The molecule has 0 aliphatic rings. The molecule has 3 aromatic rings. The molecule has 0 radical (unpaired) electrons. The zero-order valence-electron chi connectivity index (χ0n) is 11.7. The van der Waals surface area contributed by atoms with Crippen LogP contribution in [0.25, 0.3) is 28.5 Å². The summed E-state index contributed by atoms with van der Waals surface area (Å²) in [6.45, 7) is 0. The van der Waals surface area contributed by atoms with Crippen LogP contribution in [0.4, 0.5) is 4.39 Å². The van der Waals surface area contributed by atoms with Crippen molar-refractivity contribution in [3.05, 3.63) is 72.4 Å². The maximum Gasteiger partial charge on any atom is 0.142 e. The smallest absolute Gasteiger partial charge is 0.142 e. The van der Waals surface area contributed by atoms with Gasteiger partial charge in [-0.3, -0.25) is 9.78 Å². The average molecular weight is 292 g/mol. The Morgan fingerprint density at radius 1 is 1.00 bits per heavy atom. The van der Waals surface area contributed by atoms with Crippen LogP contribution >= 0.6 is 0 Å². The van der Waals surface area contributed by atoms with Crippen molar-refractivity contribution in [2.75, 3.05) is 0 Å². The number of halogens is 1. The summed E-state index contributed by atoms with van der Waals surface area (Å²) >= 11 is 0. The molecule has 0 saturated heterocycles. The quantitative estimate of drug-likeness (QED) is 0.581. The van der Waals surface area contributed by atoms with E-state index < -0.39 is 0 Å². The maximum atomic E-state index is 13.1. The van der Waals surface area contributed by atoms with E-state index in [1.54, 1.807) is 30.6 Å². The van der Waals surface area contributed by atoms with E-state index in [1.807, 2.05) is 18.3 Å². The van der Waals surface area contributed by atoms with Gasteiger partial charge in [-0.15, -0.1) is 0 Å². The largest absolute Gasteiger partial charge is 0.360 e. The van der Waals surface area contributed by atoms with Gasteiger partial charge in [-0.05, 0) is 59.7 Å². The first-order valence-electron chi connectivity index (χ1n) is 6.79. The van der Waals surface area contributed by atoms with Crippen LogP contribution in [0.3, 0.4) is 0 Å². The van der Waals surface area contributed by atoms with E-state index in [0.717, 1.165) is 34.2 Å². The number of hydrogen-bond donors (Lipinski definition) is 1. The number of hydrogen-bond acceptors (Lipinski definition) is 2. The lowest BCUT2D eigenvalue weighted by Crippen LogP contribution is -1.85. The van der Waals surface area contributed by atoms with E-state index >= 15 is 0 Å². The molecule has 2 aromatic heterocycles. The Balaban J connectivity index is 2.18. The monoisotopic (exact) mass is 292 g/mol. The van der Waals surface area contributed by atoms with Gasteiger partial charge in [0, 0.05) is 29.7 Å². The molecule has 4 heteroatoms. The molecule has 1 aromatic carbocycles. The fourth-order valence-corrected chi connectivity index (χ4v) is 2.39. The van der Waals surface area contributed by atoms with Gasteiger partial charge in [0.1, 0.15) is 12.1 Å². The summed E-state index contributed by atoms with van der Waals surface area (Å²) in [5.41, 5.74) is 4.56. The van der Waals surface area contributed by atoms with E-state index in [0.29, 0.717) is 0 Å². The van der Waals surface area contributed by atoms with Crippen LogP contribution in [0.2, 0.25) is 0 Å². The summed E-state index contributed by atoms with van der Waals surface area (Å²) in [6.07, 6.45) is 9.18. The highest BCUT2D eigenvalue weighted by molar-refractivity contribution is 5.89. The third-order valence-corrected chi connectivity index (χ3v) is 3.37. The lowest BCUT2D eigenvalue weighted by molar-refractivity contribution is -0.104. The van der Waals surface area contributed by atoms with Crippen molar-refractivity contribution in [3.63, 3.8) is 0 Å². The van der Waals surface area contributed by atoms with Crippen LogP contribution < -0.4 is 0 Å². The third-order valence-electron chi connectivity index (χ3n) is 3.37. The molecule has 0 atom stereocenters. The molecule has 1 N–H and O–H groups in total. The molecule has 3 nitrogen and oxygen atoms in total. The van der Waals surface area contributed by atoms with Gasteiger partial charge in [-0.25, -0.2) is 4.39 Å².